The Kier molecular flexibility index (Phi) is 22.9. The van der Waals surface area contributed by atoms with E-state index in [9.17, 15) is 33.9 Å². The first kappa shape index (κ1) is 39.4. The summed E-state index contributed by atoms with van der Waals surface area (Å²) in [5.74, 6) is -4.91. The summed E-state index contributed by atoms with van der Waals surface area (Å²) in [6, 6.07) is -5.36. The molecule has 248 valence electrons. The van der Waals surface area contributed by atoms with Gasteiger partial charge in [-0.2, -0.15) is 0 Å². The van der Waals surface area contributed by atoms with Crippen LogP contribution in [0.1, 0.15) is 46.0 Å². The number of nitrogens with two attached hydrogens (primary N) is 2. The average molecular weight is 622 g/mol. The lowest BCUT2D eigenvalue weighted by Crippen LogP contribution is -2.59. The minimum absolute atomic E-state index is 0.119. The Bertz CT molecular complexity index is 863. The van der Waals surface area contributed by atoms with E-state index in [2.05, 4.69) is 26.8 Å². The number of hydrazine groups is 1. The molecule has 0 aromatic heterocycles. The van der Waals surface area contributed by atoms with Crippen LogP contribution in [0.3, 0.4) is 0 Å². The number of carbonyl (C=O) groups excluding carboxylic acids is 5. The van der Waals surface area contributed by atoms with Crippen LogP contribution in [0.4, 0.5) is 4.79 Å². The predicted molar refractivity (Wildman–Crippen MR) is 151 cm³/mol. The molecular formula is C25H47N7O11. The molecule has 0 radical (unpaired) electrons. The molecule has 0 fully saturated rings. The number of carboxylic acid groups (broad SMARTS) is 1. The van der Waals surface area contributed by atoms with Crippen LogP contribution in [0.2, 0.25) is 0 Å². The van der Waals surface area contributed by atoms with Gasteiger partial charge in [0.05, 0.1) is 39.5 Å². The largest absolute Gasteiger partial charge is 0.480 e. The van der Waals surface area contributed by atoms with Crippen molar-refractivity contribution in [2.45, 2.75) is 64.1 Å². The van der Waals surface area contributed by atoms with Crippen LogP contribution in [-0.2, 0) is 42.9 Å². The van der Waals surface area contributed by atoms with Gasteiger partial charge in [-0.1, -0.05) is 26.7 Å². The lowest BCUT2D eigenvalue weighted by atomic mass is 10.2. The van der Waals surface area contributed by atoms with Crippen LogP contribution in [0.25, 0.3) is 0 Å². The molecule has 0 saturated heterocycles. The number of carboxylic acids is 1. The van der Waals surface area contributed by atoms with E-state index < -0.39 is 60.2 Å². The van der Waals surface area contributed by atoms with Gasteiger partial charge in [-0.05, 0) is 12.8 Å². The number of primary amides is 1. The zero-order valence-electron chi connectivity index (χ0n) is 24.8. The summed E-state index contributed by atoms with van der Waals surface area (Å²) in [5, 5.41) is 16.1. The standard InChI is InChI=1S/C25H47N7O11/c1-3-5-8-41-14-18(28-21(34)16-43-12-11-40-10-7-26)23(36)32-31-22(35)17(13-20(27)33)29-25(39)30-19(24(37)38)15-42-9-6-4-2/h17-19H,3-16,26H2,1-2H3,(H2,27,33)(H,28,34)(H,31,35)(H,32,36)(H,37,38)(H2,29,30,39)/t17-,18-,19-/m0/s1. The zero-order chi connectivity index (χ0) is 32.5. The molecule has 10 N–H and O–H groups in total. The summed E-state index contributed by atoms with van der Waals surface area (Å²) < 4.78 is 21.0. The number of hydrogen-bond acceptors (Lipinski definition) is 11. The number of carbonyl (C=O) groups is 6. The number of hydrogen-bond donors (Lipinski definition) is 8. The second kappa shape index (κ2) is 25.0. The molecule has 18 nitrogen and oxygen atoms in total. The molecule has 0 rings (SSSR count). The van der Waals surface area contributed by atoms with Gasteiger partial charge in [0, 0.05) is 19.8 Å². The number of nitrogens with one attached hydrogen (secondary N) is 5. The van der Waals surface area contributed by atoms with Crippen LogP contribution in [0.5, 0.6) is 0 Å². The van der Waals surface area contributed by atoms with Gasteiger partial charge in [0.15, 0.2) is 6.04 Å². The van der Waals surface area contributed by atoms with Crippen LogP contribution in [0.15, 0.2) is 0 Å². The Morgan fingerprint density at radius 1 is 0.698 bits per heavy atom. The van der Waals surface area contributed by atoms with Crippen molar-refractivity contribution in [2.24, 2.45) is 11.5 Å². The maximum absolute atomic E-state index is 12.8. The SMILES string of the molecule is CCCCOC[C@H](NC(=O)N[C@@H](CC(N)=O)C(=O)NNC(=O)[C@H](COCCCC)NC(=O)COCCOCCN)C(=O)O. The number of aliphatic carboxylic acids is 1. The fourth-order valence-electron chi connectivity index (χ4n) is 3.02. The summed E-state index contributed by atoms with van der Waals surface area (Å²) in [4.78, 5) is 73.1. The van der Waals surface area contributed by atoms with Crippen molar-refractivity contribution >= 4 is 35.6 Å². The normalized spacial score (nSPS) is 12.8. The number of ether oxygens (including phenoxy) is 4. The number of amides is 6. The van der Waals surface area contributed by atoms with Gasteiger partial charge in [-0.3, -0.25) is 30.0 Å². The van der Waals surface area contributed by atoms with Crippen molar-refractivity contribution in [3.63, 3.8) is 0 Å². The summed E-state index contributed by atoms with van der Waals surface area (Å²) in [5.41, 5.74) is 14.6. The highest BCUT2D eigenvalue weighted by molar-refractivity contribution is 5.94. The molecule has 0 heterocycles. The molecule has 0 bridgehead atoms. The van der Waals surface area contributed by atoms with E-state index in [0.29, 0.717) is 32.6 Å². The second-order valence-electron chi connectivity index (χ2n) is 9.14. The van der Waals surface area contributed by atoms with Crippen molar-refractivity contribution in [3.05, 3.63) is 0 Å². The maximum atomic E-state index is 12.8. The van der Waals surface area contributed by atoms with E-state index >= 15 is 0 Å². The number of urea groups is 1. The Hall–Kier alpha value is -3.58. The first-order valence-corrected chi connectivity index (χ1v) is 14.0. The third-order valence-corrected chi connectivity index (χ3v) is 5.31. The number of rotatable bonds is 25. The van der Waals surface area contributed by atoms with Crippen molar-refractivity contribution < 1.29 is 52.8 Å². The summed E-state index contributed by atoms with van der Waals surface area (Å²) in [7, 11) is 0. The maximum Gasteiger partial charge on any atom is 0.328 e. The molecule has 3 atom stereocenters. The highest BCUT2D eigenvalue weighted by Gasteiger charge is 2.28. The second-order valence-corrected chi connectivity index (χ2v) is 9.14. The summed E-state index contributed by atoms with van der Waals surface area (Å²) >= 11 is 0. The average Bonchev–Trinajstić information content (AvgIpc) is 2.95. The van der Waals surface area contributed by atoms with E-state index in [4.69, 9.17) is 30.4 Å². The quantitative estimate of drug-likeness (QED) is 0.0380. The topological polar surface area (TPSA) is 272 Å². The van der Waals surface area contributed by atoms with Crippen molar-refractivity contribution in [1.29, 1.82) is 0 Å². The van der Waals surface area contributed by atoms with E-state index in [1.807, 2.05) is 13.8 Å². The van der Waals surface area contributed by atoms with Crippen LogP contribution in [-0.4, -0.2) is 118 Å². The fraction of sp³-hybridized carbons (Fsp3) is 0.760. The Morgan fingerprint density at radius 2 is 1.23 bits per heavy atom. The highest BCUT2D eigenvalue weighted by atomic mass is 16.5. The molecule has 6 amide bonds. The Labute approximate surface area is 250 Å². The Balaban J connectivity index is 5.12. The predicted octanol–water partition coefficient (Wildman–Crippen LogP) is -2.76. The molecule has 0 aromatic carbocycles. The zero-order valence-corrected chi connectivity index (χ0v) is 24.8. The van der Waals surface area contributed by atoms with E-state index in [1.165, 1.54) is 0 Å². The lowest BCUT2D eigenvalue weighted by Gasteiger charge is -2.22. The van der Waals surface area contributed by atoms with Crippen LogP contribution < -0.4 is 38.3 Å². The van der Waals surface area contributed by atoms with Gasteiger partial charge in [0.1, 0.15) is 18.7 Å². The van der Waals surface area contributed by atoms with Crippen LogP contribution >= 0.6 is 0 Å². The molecule has 0 saturated carbocycles. The van der Waals surface area contributed by atoms with Gasteiger partial charge in [0.2, 0.25) is 11.8 Å². The van der Waals surface area contributed by atoms with Gasteiger partial charge >= 0.3 is 12.0 Å². The minimum Gasteiger partial charge on any atom is -0.480 e. The minimum atomic E-state index is -1.59. The molecule has 43 heavy (non-hydrogen) atoms. The third kappa shape index (κ3) is 20.9. The molecule has 0 aromatic rings. The first-order valence-electron chi connectivity index (χ1n) is 14.0. The van der Waals surface area contributed by atoms with Crippen molar-refractivity contribution in [1.82, 2.24) is 26.8 Å². The molecular weight excluding hydrogens is 574 g/mol. The van der Waals surface area contributed by atoms with E-state index in [0.717, 1.165) is 12.8 Å². The van der Waals surface area contributed by atoms with Gasteiger partial charge in [-0.25, -0.2) is 9.59 Å². The number of unbranched alkanes of at least 4 members (excludes halogenated alkanes) is 2. The monoisotopic (exact) mass is 621 g/mol. The molecule has 0 aliphatic heterocycles. The fourth-order valence-corrected chi connectivity index (χ4v) is 3.02. The Morgan fingerprint density at radius 3 is 1.77 bits per heavy atom. The van der Waals surface area contributed by atoms with Crippen LogP contribution in [0, 0.1) is 0 Å². The van der Waals surface area contributed by atoms with Crippen molar-refractivity contribution in [3.8, 4) is 0 Å². The smallest absolute Gasteiger partial charge is 0.328 e. The molecule has 0 aliphatic carbocycles. The molecule has 18 heteroatoms. The highest BCUT2D eigenvalue weighted by Crippen LogP contribution is 1.97. The third-order valence-electron chi connectivity index (χ3n) is 5.31. The van der Waals surface area contributed by atoms with E-state index in [1.54, 1.807) is 0 Å². The molecule has 0 unspecified atom stereocenters. The van der Waals surface area contributed by atoms with Crippen molar-refractivity contribution in [2.75, 3.05) is 59.4 Å². The van der Waals surface area contributed by atoms with Gasteiger partial charge in [-0.15, -0.1) is 0 Å². The molecule has 0 aliphatic rings. The summed E-state index contributed by atoms with van der Waals surface area (Å²) in [6.45, 7) is 4.58. The lowest BCUT2D eigenvalue weighted by molar-refractivity contribution is -0.140. The summed E-state index contributed by atoms with van der Waals surface area (Å²) in [6.07, 6.45) is 2.39. The van der Waals surface area contributed by atoms with Gasteiger partial charge < -0.3 is 51.5 Å². The van der Waals surface area contributed by atoms with E-state index in [-0.39, 0.29) is 39.6 Å². The first-order chi connectivity index (χ1) is 20.5. The van der Waals surface area contributed by atoms with Gasteiger partial charge in [0.25, 0.3) is 11.8 Å². The molecule has 0 spiro atoms.